The Morgan fingerprint density at radius 3 is 1.32 bits per heavy atom. The molecule has 12 rings (SSSR count). The normalized spacial score (nSPS) is 17.6. The van der Waals surface area contributed by atoms with Crippen molar-refractivity contribution in [3.8, 4) is 34.4 Å². The van der Waals surface area contributed by atoms with Crippen LogP contribution in [0, 0.1) is 0 Å². The third-order valence-electron chi connectivity index (χ3n) is 15.4. The summed E-state index contributed by atoms with van der Waals surface area (Å²) >= 11 is 0. The Balaban J connectivity index is 0.000000167. The SMILES string of the molecule is CN(C/C=C/C(=O)N1CC[C@@H](n2c(=O)n(-c3ccc(Oc4ccccc4)cc3)c3c(N)ncnc32)C1)C1CC1.CN(C/C=C/C(=O)N1CC[C@@H](n2c(=O)n(-c3ccc(Oc4ccccc4)cc3)c3c(N)ncnc32)C1)C1CCC1. The van der Waals surface area contributed by atoms with Crippen LogP contribution in [-0.2, 0) is 9.59 Å². The summed E-state index contributed by atoms with van der Waals surface area (Å²) in [5.41, 5.74) is 15.1. The van der Waals surface area contributed by atoms with Gasteiger partial charge in [0.2, 0.25) is 11.8 Å². The summed E-state index contributed by atoms with van der Waals surface area (Å²) in [6.07, 6.45) is 17.4. The number of carbonyl (C=O) groups is 2. The number of hydrogen-bond donors (Lipinski definition) is 2. The Hall–Kier alpha value is -8.88. The molecule has 4 aromatic heterocycles. The van der Waals surface area contributed by atoms with Crippen LogP contribution in [0.15, 0.2) is 156 Å². The lowest BCUT2D eigenvalue weighted by Gasteiger charge is -2.33. The van der Waals surface area contributed by atoms with Crippen LogP contribution < -0.4 is 32.3 Å². The van der Waals surface area contributed by atoms with Gasteiger partial charge in [0.15, 0.2) is 22.9 Å². The lowest BCUT2D eigenvalue weighted by molar-refractivity contribution is -0.125. The summed E-state index contributed by atoms with van der Waals surface area (Å²) in [5, 5.41) is 0. The van der Waals surface area contributed by atoms with Gasteiger partial charge in [-0.2, -0.15) is 0 Å². The van der Waals surface area contributed by atoms with E-state index in [2.05, 4.69) is 43.8 Å². The van der Waals surface area contributed by atoms with Crippen LogP contribution >= 0.6 is 0 Å². The third-order valence-corrected chi connectivity index (χ3v) is 15.4. The molecule has 6 heterocycles. The number of para-hydroxylation sites is 2. The summed E-state index contributed by atoms with van der Waals surface area (Å²) < 4.78 is 18.2. The van der Waals surface area contributed by atoms with E-state index in [0.717, 1.165) is 24.6 Å². The minimum absolute atomic E-state index is 0.0376. The maximum Gasteiger partial charge on any atom is 0.335 e. The van der Waals surface area contributed by atoms with Crippen LogP contribution in [0.2, 0.25) is 0 Å². The molecule has 0 bridgehead atoms. The number of nitrogen functional groups attached to an aromatic ring is 2. The van der Waals surface area contributed by atoms with E-state index in [0.29, 0.717) is 96.3 Å². The standard InChI is InChI=1S/C30H33N7O3.C29H31N7O3/c1-34(21-7-5-8-21)17-6-11-26(38)35-18-16-23(19-35)37-29-27(28(31)32-20-33-29)36(30(37)39)22-12-14-25(15-13-22)40-24-9-3-2-4-10-24;1-33(20-9-10-20)16-5-8-25(37)34-17-15-22(18-34)36-28-26(27(30)31-19-32-28)35(29(36)38)21-11-13-24(14-12-21)39-23-6-3-2-4-7-23/h2-4,6,9-15,20-21,23H,5,7-8,16-19H2,1H3,(H2,31,32,33);2-8,11-14,19-20,22H,9-10,15-18H2,1H3,(H2,30,31,32)/b11-6+;8-5+/t23-;22-/m11/s1. The number of ether oxygens (including phenoxy) is 2. The molecule has 4 aromatic carbocycles. The van der Waals surface area contributed by atoms with Gasteiger partial charge in [0.1, 0.15) is 46.7 Å². The highest BCUT2D eigenvalue weighted by Gasteiger charge is 2.34. The van der Waals surface area contributed by atoms with E-state index < -0.39 is 0 Å². The minimum Gasteiger partial charge on any atom is -0.457 e. The molecule has 2 aliphatic heterocycles. The molecule has 4 fully saturated rings. The number of anilines is 2. The first-order valence-corrected chi connectivity index (χ1v) is 26.9. The quantitative estimate of drug-likeness (QED) is 0.0918. The van der Waals surface area contributed by atoms with Gasteiger partial charge in [0.05, 0.1) is 23.5 Å². The van der Waals surface area contributed by atoms with Crippen molar-refractivity contribution >= 4 is 45.8 Å². The Bertz CT molecular complexity index is 3640. The van der Waals surface area contributed by atoms with Crippen molar-refractivity contribution in [2.75, 3.05) is 64.8 Å². The number of likely N-dealkylation sites (N-methyl/N-ethyl adjacent to an activating group) is 2. The Morgan fingerprint density at radius 2 is 0.937 bits per heavy atom. The molecular formula is C59H64N14O6. The van der Waals surface area contributed by atoms with Gasteiger partial charge >= 0.3 is 11.4 Å². The smallest absolute Gasteiger partial charge is 0.335 e. The largest absolute Gasteiger partial charge is 0.457 e. The molecule has 0 spiro atoms. The van der Waals surface area contributed by atoms with E-state index in [9.17, 15) is 19.2 Å². The molecule has 2 saturated heterocycles. The highest BCUT2D eigenvalue weighted by molar-refractivity contribution is 5.89. The van der Waals surface area contributed by atoms with E-state index in [4.69, 9.17) is 20.9 Å². The third kappa shape index (κ3) is 11.3. The molecule has 0 radical (unpaired) electrons. The summed E-state index contributed by atoms with van der Waals surface area (Å²) in [7, 11) is 4.18. The van der Waals surface area contributed by atoms with Gasteiger partial charge in [-0.3, -0.25) is 37.7 Å². The fourth-order valence-electron chi connectivity index (χ4n) is 10.6. The van der Waals surface area contributed by atoms with Crippen LogP contribution in [0.4, 0.5) is 11.6 Å². The molecule has 8 aromatic rings. The van der Waals surface area contributed by atoms with Crippen LogP contribution in [0.3, 0.4) is 0 Å². The van der Waals surface area contributed by atoms with Crippen LogP contribution in [-0.4, -0.2) is 135 Å². The van der Waals surface area contributed by atoms with Crippen molar-refractivity contribution < 1.29 is 19.1 Å². The number of likely N-dealkylation sites (tertiary alicyclic amines) is 2. The number of carbonyl (C=O) groups excluding carboxylic acids is 2. The van der Waals surface area contributed by atoms with Crippen LogP contribution in [0.25, 0.3) is 33.7 Å². The second kappa shape index (κ2) is 23.0. The molecule has 79 heavy (non-hydrogen) atoms. The van der Waals surface area contributed by atoms with Crippen molar-refractivity contribution in [1.82, 2.24) is 57.8 Å². The van der Waals surface area contributed by atoms with Crippen molar-refractivity contribution in [3.63, 3.8) is 0 Å². The predicted octanol–water partition coefficient (Wildman–Crippen LogP) is 7.15. The lowest BCUT2D eigenvalue weighted by Crippen LogP contribution is -2.37. The van der Waals surface area contributed by atoms with E-state index in [1.165, 1.54) is 53.9 Å². The van der Waals surface area contributed by atoms with Gasteiger partial charge in [0.25, 0.3) is 0 Å². The zero-order chi connectivity index (χ0) is 54.6. The van der Waals surface area contributed by atoms with Crippen molar-refractivity contribution in [2.45, 2.75) is 69.1 Å². The van der Waals surface area contributed by atoms with Crippen molar-refractivity contribution in [3.05, 3.63) is 167 Å². The molecule has 2 amide bonds. The topological polar surface area (TPSA) is 223 Å². The Kier molecular flexibility index (Phi) is 15.2. The molecule has 4 aliphatic rings. The number of fused-ring (bicyclic) bond motifs is 2. The lowest BCUT2D eigenvalue weighted by atomic mass is 9.92. The van der Waals surface area contributed by atoms with Gasteiger partial charge in [-0.25, -0.2) is 29.5 Å². The molecule has 406 valence electrons. The minimum atomic E-state index is -0.269. The van der Waals surface area contributed by atoms with Crippen molar-refractivity contribution in [1.29, 1.82) is 0 Å². The van der Waals surface area contributed by atoms with Crippen LogP contribution in [0.5, 0.6) is 23.0 Å². The average molecular weight is 1070 g/mol. The molecule has 2 atom stereocenters. The van der Waals surface area contributed by atoms with E-state index in [-0.39, 0.29) is 46.9 Å². The summed E-state index contributed by atoms with van der Waals surface area (Å²) in [4.78, 5) is 78.8. The number of amides is 2. The fourth-order valence-corrected chi connectivity index (χ4v) is 10.6. The monoisotopic (exact) mass is 1060 g/mol. The number of nitrogens with zero attached hydrogens (tertiary/aromatic N) is 12. The molecule has 2 saturated carbocycles. The molecular weight excluding hydrogens is 1000 g/mol. The van der Waals surface area contributed by atoms with Gasteiger partial charge in [-0.05, 0) is 125 Å². The number of aromatic nitrogens is 8. The van der Waals surface area contributed by atoms with E-state index >= 15 is 0 Å². The Morgan fingerprint density at radius 1 is 0.544 bits per heavy atom. The van der Waals surface area contributed by atoms with E-state index in [1.807, 2.05) is 109 Å². The zero-order valence-electron chi connectivity index (χ0n) is 44.3. The Labute approximate surface area is 456 Å². The summed E-state index contributed by atoms with van der Waals surface area (Å²) in [5.74, 6) is 3.10. The summed E-state index contributed by atoms with van der Waals surface area (Å²) in [6.45, 7) is 3.50. The number of imidazole rings is 2. The molecule has 2 aliphatic carbocycles. The first-order chi connectivity index (χ1) is 38.5. The van der Waals surface area contributed by atoms with Gasteiger partial charge in [-0.15, -0.1) is 0 Å². The zero-order valence-corrected chi connectivity index (χ0v) is 44.3. The highest BCUT2D eigenvalue weighted by atomic mass is 16.5. The second-order valence-electron chi connectivity index (χ2n) is 20.6. The molecule has 0 unspecified atom stereocenters. The summed E-state index contributed by atoms with van der Waals surface area (Å²) in [6, 6.07) is 34.3. The van der Waals surface area contributed by atoms with Gasteiger partial charge in [-0.1, -0.05) is 55.0 Å². The predicted molar refractivity (Wildman–Crippen MR) is 303 cm³/mol. The van der Waals surface area contributed by atoms with Gasteiger partial charge < -0.3 is 30.7 Å². The fraction of sp³-hybridized carbons (Fsp3) is 0.322. The van der Waals surface area contributed by atoms with E-state index in [1.54, 1.807) is 43.2 Å². The first-order valence-electron chi connectivity index (χ1n) is 26.9. The van der Waals surface area contributed by atoms with Gasteiger partial charge in [0, 0.05) is 63.5 Å². The van der Waals surface area contributed by atoms with Crippen molar-refractivity contribution in [2.24, 2.45) is 0 Å². The molecule has 20 nitrogen and oxygen atoms in total. The average Bonchev–Trinajstić information content (AvgIpc) is 3.81. The molecule has 4 N–H and O–H groups in total. The number of rotatable bonds is 16. The first kappa shape index (κ1) is 52.2. The van der Waals surface area contributed by atoms with Crippen LogP contribution in [0.1, 0.15) is 57.0 Å². The number of hydrogen-bond acceptors (Lipinski definition) is 14. The highest BCUT2D eigenvalue weighted by Crippen LogP contribution is 2.32. The maximum absolute atomic E-state index is 13.9. The molecule has 20 heteroatoms. The maximum atomic E-state index is 13.9. The number of nitrogens with two attached hydrogens (primary N) is 2. The number of benzene rings is 4. The second-order valence-corrected chi connectivity index (χ2v) is 20.6.